The van der Waals surface area contributed by atoms with E-state index in [1.54, 1.807) is 49.2 Å². The Balaban J connectivity index is 1.56. The van der Waals surface area contributed by atoms with Crippen LogP contribution in [0.2, 0.25) is 5.02 Å². The number of carbonyl (C=O) groups excluding carboxylic acids is 1. The van der Waals surface area contributed by atoms with E-state index in [1.807, 2.05) is 37.3 Å². The Morgan fingerprint density at radius 1 is 1.02 bits per heavy atom. The Morgan fingerprint density at radius 3 is 2.52 bits per heavy atom. The van der Waals surface area contributed by atoms with Crippen LogP contribution in [0, 0.1) is 0 Å². The fraction of sp³-hybridized carbons (Fsp3) is 0.207. The van der Waals surface area contributed by atoms with Crippen molar-refractivity contribution in [3.8, 4) is 23.0 Å². The fourth-order valence-corrected chi connectivity index (χ4v) is 4.69. The number of methoxy groups -OCH3 is 3. The van der Waals surface area contributed by atoms with E-state index in [-0.39, 0.29) is 12.5 Å². The Labute approximate surface area is 236 Å². The average molecular weight is 562 g/mol. The van der Waals surface area contributed by atoms with Crippen molar-refractivity contribution < 1.29 is 23.7 Å². The van der Waals surface area contributed by atoms with E-state index in [2.05, 4.69) is 20.7 Å². The molecule has 0 saturated heterocycles. The van der Waals surface area contributed by atoms with E-state index in [4.69, 9.17) is 30.5 Å². The number of allylic oxidation sites excluding steroid dienone is 1. The third-order valence-electron chi connectivity index (χ3n) is 6.52. The lowest BCUT2D eigenvalue weighted by Gasteiger charge is -2.30. The molecule has 0 unspecified atom stereocenters. The second-order valence-electron chi connectivity index (χ2n) is 8.91. The molecule has 40 heavy (non-hydrogen) atoms. The third kappa shape index (κ3) is 5.26. The van der Waals surface area contributed by atoms with Gasteiger partial charge >= 0.3 is 0 Å². The summed E-state index contributed by atoms with van der Waals surface area (Å²) in [7, 11) is 4.67. The molecule has 3 aromatic carbocycles. The number of hydrogen-bond acceptors (Lipinski definition) is 8. The summed E-state index contributed by atoms with van der Waals surface area (Å²) >= 11 is 6.05. The van der Waals surface area contributed by atoms with Gasteiger partial charge in [0, 0.05) is 22.3 Å². The zero-order chi connectivity index (χ0) is 28.2. The first-order valence-electron chi connectivity index (χ1n) is 12.4. The molecule has 1 aliphatic rings. The molecule has 0 spiro atoms. The Kier molecular flexibility index (Phi) is 7.79. The molecule has 10 nitrogen and oxygen atoms in total. The lowest BCUT2D eigenvalue weighted by molar-refractivity contribution is -0.113. The SMILES string of the molecule is COc1ccc(NC(=O)C2=C(C)Nc3ncnn3[C@H]2c2cccc(OC)c2OCc2ccc(Cl)cc2)c(OC)c1. The number of halogens is 1. The molecule has 0 aliphatic carbocycles. The highest BCUT2D eigenvalue weighted by Crippen LogP contribution is 2.43. The Hall–Kier alpha value is -4.70. The number of fused-ring (bicyclic) bond motifs is 1. The summed E-state index contributed by atoms with van der Waals surface area (Å²) in [5, 5.41) is 11.3. The highest BCUT2D eigenvalue weighted by molar-refractivity contribution is 6.30. The molecule has 1 aromatic heterocycles. The largest absolute Gasteiger partial charge is 0.497 e. The van der Waals surface area contributed by atoms with Gasteiger partial charge in [-0.3, -0.25) is 4.79 Å². The van der Waals surface area contributed by atoms with Gasteiger partial charge in [-0.2, -0.15) is 10.1 Å². The van der Waals surface area contributed by atoms with Crippen LogP contribution in [0.15, 0.2) is 78.3 Å². The zero-order valence-corrected chi connectivity index (χ0v) is 23.2. The first-order chi connectivity index (χ1) is 19.4. The standard InChI is InChI=1S/C29H28ClN5O5/c1-17-25(28(36)34-22-13-12-20(37-2)14-24(22)39-4)26(35-29(33-17)31-16-32-35)21-6-5-7-23(38-3)27(21)40-15-18-8-10-19(30)11-9-18/h5-14,16,26H,15H2,1-4H3,(H,34,36)(H,31,32,33)/t26-/m0/s1. The van der Waals surface area contributed by atoms with Crippen LogP contribution >= 0.6 is 11.6 Å². The summed E-state index contributed by atoms with van der Waals surface area (Å²) in [6, 6.07) is 17.4. The van der Waals surface area contributed by atoms with E-state index in [1.165, 1.54) is 13.4 Å². The van der Waals surface area contributed by atoms with Crippen LogP contribution in [0.4, 0.5) is 11.6 Å². The van der Waals surface area contributed by atoms with E-state index in [0.717, 1.165) is 5.56 Å². The van der Waals surface area contributed by atoms with Crippen molar-refractivity contribution in [3.63, 3.8) is 0 Å². The molecular weight excluding hydrogens is 534 g/mol. The minimum absolute atomic E-state index is 0.257. The molecule has 4 aromatic rings. The number of ether oxygens (including phenoxy) is 4. The maximum absolute atomic E-state index is 14.0. The topological polar surface area (TPSA) is 109 Å². The van der Waals surface area contributed by atoms with Crippen LogP contribution < -0.4 is 29.6 Å². The number of aromatic nitrogens is 3. The number of rotatable bonds is 9. The highest BCUT2D eigenvalue weighted by Gasteiger charge is 2.36. The minimum Gasteiger partial charge on any atom is -0.497 e. The second-order valence-corrected chi connectivity index (χ2v) is 9.34. The fourth-order valence-electron chi connectivity index (χ4n) is 4.56. The minimum atomic E-state index is -0.682. The molecule has 206 valence electrons. The summed E-state index contributed by atoms with van der Waals surface area (Å²) in [5.41, 5.74) is 3.11. The zero-order valence-electron chi connectivity index (χ0n) is 22.4. The van der Waals surface area contributed by atoms with Gasteiger partial charge in [0.2, 0.25) is 5.95 Å². The summed E-state index contributed by atoms with van der Waals surface area (Å²) < 4.78 is 24.4. The van der Waals surface area contributed by atoms with Gasteiger partial charge in [-0.25, -0.2) is 4.68 Å². The van der Waals surface area contributed by atoms with Crippen molar-refractivity contribution in [3.05, 3.63) is 94.4 Å². The summed E-state index contributed by atoms with van der Waals surface area (Å²) in [6.45, 7) is 2.08. The summed E-state index contributed by atoms with van der Waals surface area (Å²) in [5.74, 6) is 2.20. The number of benzene rings is 3. The maximum atomic E-state index is 14.0. The molecule has 0 fully saturated rings. The van der Waals surface area contributed by atoms with Crippen molar-refractivity contribution in [1.82, 2.24) is 14.8 Å². The predicted molar refractivity (Wildman–Crippen MR) is 151 cm³/mol. The number of amides is 1. The van der Waals surface area contributed by atoms with Gasteiger partial charge < -0.3 is 29.6 Å². The predicted octanol–water partition coefficient (Wildman–Crippen LogP) is 5.46. The number of para-hydroxylation sites is 1. The van der Waals surface area contributed by atoms with Crippen molar-refractivity contribution in [2.24, 2.45) is 0 Å². The molecule has 1 atom stereocenters. The molecule has 5 rings (SSSR count). The molecule has 2 N–H and O–H groups in total. The molecule has 1 amide bonds. The van der Waals surface area contributed by atoms with Crippen LogP contribution in [-0.4, -0.2) is 42.0 Å². The van der Waals surface area contributed by atoms with Crippen molar-refractivity contribution in [2.75, 3.05) is 32.0 Å². The average Bonchev–Trinajstić information content (AvgIpc) is 3.44. The van der Waals surface area contributed by atoms with Gasteiger partial charge in [-0.15, -0.1) is 0 Å². The molecular formula is C29H28ClN5O5. The maximum Gasteiger partial charge on any atom is 0.255 e. The van der Waals surface area contributed by atoms with Crippen molar-refractivity contribution >= 4 is 29.1 Å². The number of carbonyl (C=O) groups is 1. The molecule has 0 radical (unpaired) electrons. The molecule has 11 heteroatoms. The van der Waals surface area contributed by atoms with Gasteiger partial charge in [0.05, 0.1) is 32.6 Å². The number of anilines is 2. The number of hydrogen-bond donors (Lipinski definition) is 2. The Morgan fingerprint density at radius 2 is 1.80 bits per heavy atom. The highest BCUT2D eigenvalue weighted by atomic mass is 35.5. The van der Waals surface area contributed by atoms with Crippen LogP contribution in [0.1, 0.15) is 24.1 Å². The molecule has 0 bridgehead atoms. The van der Waals surface area contributed by atoms with E-state index in [0.29, 0.717) is 56.5 Å². The number of nitrogens with one attached hydrogen (secondary N) is 2. The van der Waals surface area contributed by atoms with E-state index >= 15 is 0 Å². The molecule has 1 aliphatic heterocycles. The van der Waals surface area contributed by atoms with Gasteiger partial charge in [0.25, 0.3) is 5.91 Å². The van der Waals surface area contributed by atoms with Crippen LogP contribution in [0.25, 0.3) is 0 Å². The van der Waals surface area contributed by atoms with Gasteiger partial charge in [-0.1, -0.05) is 35.9 Å². The first kappa shape index (κ1) is 26.9. The lowest BCUT2D eigenvalue weighted by Crippen LogP contribution is -2.32. The lowest BCUT2D eigenvalue weighted by atomic mass is 9.93. The summed E-state index contributed by atoms with van der Waals surface area (Å²) in [4.78, 5) is 18.3. The van der Waals surface area contributed by atoms with Crippen LogP contribution in [0.3, 0.4) is 0 Å². The molecule has 2 heterocycles. The van der Waals surface area contributed by atoms with Crippen LogP contribution in [0.5, 0.6) is 23.0 Å². The third-order valence-corrected chi connectivity index (χ3v) is 6.77. The monoisotopic (exact) mass is 561 g/mol. The normalized spacial score (nSPS) is 14.2. The quantitative estimate of drug-likeness (QED) is 0.277. The van der Waals surface area contributed by atoms with E-state index in [9.17, 15) is 4.79 Å². The van der Waals surface area contributed by atoms with Gasteiger partial charge in [0.15, 0.2) is 11.5 Å². The smallest absolute Gasteiger partial charge is 0.255 e. The first-order valence-corrected chi connectivity index (χ1v) is 12.8. The van der Waals surface area contributed by atoms with Gasteiger partial charge in [0.1, 0.15) is 30.5 Å². The van der Waals surface area contributed by atoms with Crippen molar-refractivity contribution in [1.29, 1.82) is 0 Å². The van der Waals surface area contributed by atoms with E-state index < -0.39 is 6.04 Å². The van der Waals surface area contributed by atoms with Gasteiger partial charge in [-0.05, 0) is 42.8 Å². The van der Waals surface area contributed by atoms with Crippen molar-refractivity contribution in [2.45, 2.75) is 19.6 Å². The van der Waals surface area contributed by atoms with Crippen LogP contribution in [-0.2, 0) is 11.4 Å². The number of nitrogens with zero attached hydrogens (tertiary/aromatic N) is 3. The summed E-state index contributed by atoms with van der Waals surface area (Å²) in [6.07, 6.45) is 1.43. The molecule has 0 saturated carbocycles. The second kappa shape index (κ2) is 11.6. The Bertz CT molecular complexity index is 1570.